The Morgan fingerprint density at radius 3 is 2.44 bits per heavy atom. The summed E-state index contributed by atoms with van der Waals surface area (Å²) in [7, 11) is 0. The van der Waals surface area contributed by atoms with E-state index < -0.39 is 0 Å². The second-order valence-corrected chi connectivity index (χ2v) is 6.30. The normalized spacial score (nSPS) is 11.0. The van der Waals surface area contributed by atoms with Crippen LogP contribution in [-0.4, -0.2) is 37.9 Å². The lowest BCUT2D eigenvalue weighted by Gasteiger charge is -2.10. The zero-order valence-corrected chi connectivity index (χ0v) is 15.7. The van der Waals surface area contributed by atoms with Gasteiger partial charge in [-0.05, 0) is 47.6 Å². The Hall–Kier alpha value is -2.64. The first-order valence-electron chi connectivity index (χ1n) is 8.42. The first kappa shape index (κ1) is 18.7. The number of nitrogens with one attached hydrogen (secondary N) is 2. The second-order valence-electron chi connectivity index (χ2n) is 6.30. The number of aromatic nitrogens is 4. The standard InChI is InChI=1S/C17H26N6O2/c1-7-22-14(8-11(4)20-22)17(25)18-9-15(24)19-16-12(5)21-23(10(2)3)13(16)6/h8,10H,7,9H2,1-6H3,(H,18,25)(H,19,24). The third-order valence-electron chi connectivity index (χ3n) is 3.92. The monoisotopic (exact) mass is 346 g/mol. The van der Waals surface area contributed by atoms with E-state index in [2.05, 4.69) is 20.8 Å². The highest BCUT2D eigenvalue weighted by molar-refractivity contribution is 5.99. The molecule has 2 aromatic rings. The highest BCUT2D eigenvalue weighted by Crippen LogP contribution is 2.22. The summed E-state index contributed by atoms with van der Waals surface area (Å²) in [6.45, 7) is 12.0. The van der Waals surface area contributed by atoms with E-state index >= 15 is 0 Å². The van der Waals surface area contributed by atoms with Gasteiger partial charge in [0, 0.05) is 12.6 Å². The molecule has 0 spiro atoms. The van der Waals surface area contributed by atoms with E-state index in [1.165, 1.54) is 0 Å². The van der Waals surface area contributed by atoms with Crippen molar-refractivity contribution >= 4 is 17.5 Å². The van der Waals surface area contributed by atoms with Gasteiger partial charge in [-0.15, -0.1) is 0 Å². The summed E-state index contributed by atoms with van der Waals surface area (Å²) in [6, 6.07) is 1.92. The summed E-state index contributed by atoms with van der Waals surface area (Å²) < 4.78 is 3.48. The van der Waals surface area contributed by atoms with Crippen molar-refractivity contribution in [2.45, 2.75) is 54.1 Å². The van der Waals surface area contributed by atoms with Crippen molar-refractivity contribution in [3.63, 3.8) is 0 Å². The van der Waals surface area contributed by atoms with Gasteiger partial charge >= 0.3 is 0 Å². The van der Waals surface area contributed by atoms with Crippen LogP contribution in [0.25, 0.3) is 0 Å². The number of aryl methyl sites for hydroxylation is 3. The van der Waals surface area contributed by atoms with E-state index in [1.54, 1.807) is 10.7 Å². The average Bonchev–Trinajstić information content (AvgIpc) is 3.07. The summed E-state index contributed by atoms with van der Waals surface area (Å²) in [5.41, 5.74) is 3.57. The highest BCUT2D eigenvalue weighted by Gasteiger charge is 2.17. The van der Waals surface area contributed by atoms with Crippen LogP contribution in [0.2, 0.25) is 0 Å². The Kier molecular flexibility index (Phi) is 5.61. The number of rotatable bonds is 6. The minimum atomic E-state index is -0.316. The van der Waals surface area contributed by atoms with Gasteiger partial charge in [-0.2, -0.15) is 10.2 Å². The van der Waals surface area contributed by atoms with Crippen LogP contribution in [-0.2, 0) is 11.3 Å². The molecule has 0 unspecified atom stereocenters. The van der Waals surface area contributed by atoms with Crippen LogP contribution in [0, 0.1) is 20.8 Å². The molecule has 0 atom stereocenters. The van der Waals surface area contributed by atoms with E-state index in [0.717, 1.165) is 17.1 Å². The summed E-state index contributed by atoms with van der Waals surface area (Å²) in [6.07, 6.45) is 0. The molecule has 0 aliphatic rings. The lowest BCUT2D eigenvalue weighted by Crippen LogP contribution is -2.34. The molecule has 0 aromatic carbocycles. The molecule has 2 heterocycles. The fraction of sp³-hybridized carbons (Fsp3) is 0.529. The van der Waals surface area contributed by atoms with Crippen LogP contribution >= 0.6 is 0 Å². The van der Waals surface area contributed by atoms with Gasteiger partial charge in [0.25, 0.3) is 5.91 Å². The van der Waals surface area contributed by atoms with E-state index in [0.29, 0.717) is 17.9 Å². The van der Waals surface area contributed by atoms with Crippen molar-refractivity contribution in [1.29, 1.82) is 0 Å². The predicted octanol–water partition coefficient (Wildman–Crippen LogP) is 1.97. The Labute approximate surface area is 147 Å². The van der Waals surface area contributed by atoms with Crippen molar-refractivity contribution in [2.75, 3.05) is 11.9 Å². The SMILES string of the molecule is CCn1nc(C)cc1C(=O)NCC(=O)Nc1c(C)nn(C(C)C)c1C. The molecule has 0 fully saturated rings. The predicted molar refractivity (Wildman–Crippen MR) is 95.7 cm³/mol. The molecule has 0 aliphatic heterocycles. The fourth-order valence-electron chi connectivity index (χ4n) is 2.75. The molecule has 8 nitrogen and oxygen atoms in total. The molecular formula is C17H26N6O2. The first-order chi connectivity index (χ1) is 11.7. The van der Waals surface area contributed by atoms with Gasteiger partial charge in [-0.25, -0.2) is 0 Å². The minimum absolute atomic E-state index is 0.113. The molecule has 0 aliphatic carbocycles. The quantitative estimate of drug-likeness (QED) is 0.836. The third-order valence-corrected chi connectivity index (χ3v) is 3.92. The zero-order chi connectivity index (χ0) is 18.7. The van der Waals surface area contributed by atoms with Crippen molar-refractivity contribution in [1.82, 2.24) is 24.9 Å². The minimum Gasteiger partial charge on any atom is -0.342 e. The number of anilines is 1. The van der Waals surface area contributed by atoms with E-state index in [4.69, 9.17) is 0 Å². The molecule has 25 heavy (non-hydrogen) atoms. The molecule has 2 amide bonds. The lowest BCUT2D eigenvalue weighted by molar-refractivity contribution is -0.115. The Bertz CT molecular complexity index is 787. The fourth-order valence-corrected chi connectivity index (χ4v) is 2.75. The Balaban J connectivity index is 2.00. The highest BCUT2D eigenvalue weighted by atomic mass is 16.2. The molecular weight excluding hydrogens is 320 g/mol. The first-order valence-corrected chi connectivity index (χ1v) is 8.42. The van der Waals surface area contributed by atoms with Gasteiger partial charge in [0.15, 0.2) is 0 Å². The third kappa shape index (κ3) is 4.07. The van der Waals surface area contributed by atoms with Gasteiger partial charge in [0.1, 0.15) is 5.69 Å². The maximum Gasteiger partial charge on any atom is 0.269 e. The number of nitrogens with zero attached hydrogens (tertiary/aromatic N) is 4. The molecule has 0 saturated heterocycles. The van der Waals surface area contributed by atoms with Crippen molar-refractivity contribution in [3.05, 3.63) is 28.8 Å². The van der Waals surface area contributed by atoms with Gasteiger partial charge in [0.05, 0.1) is 29.3 Å². The smallest absolute Gasteiger partial charge is 0.269 e. The number of hydrogen-bond donors (Lipinski definition) is 2. The van der Waals surface area contributed by atoms with Crippen LogP contribution in [0.3, 0.4) is 0 Å². The second kappa shape index (κ2) is 7.50. The number of hydrogen-bond acceptors (Lipinski definition) is 4. The molecule has 8 heteroatoms. The maximum absolute atomic E-state index is 12.3. The summed E-state index contributed by atoms with van der Waals surface area (Å²) in [5.74, 6) is -0.605. The number of carbonyl (C=O) groups is 2. The summed E-state index contributed by atoms with van der Waals surface area (Å²) in [4.78, 5) is 24.5. The Morgan fingerprint density at radius 2 is 1.88 bits per heavy atom. The molecule has 0 saturated carbocycles. The lowest BCUT2D eigenvalue weighted by atomic mass is 10.3. The van der Waals surface area contributed by atoms with E-state index in [9.17, 15) is 9.59 Å². The van der Waals surface area contributed by atoms with Crippen LogP contribution in [0.1, 0.15) is 54.4 Å². The van der Waals surface area contributed by atoms with Gasteiger partial charge < -0.3 is 10.6 Å². The molecule has 2 N–H and O–H groups in total. The number of amides is 2. The van der Waals surface area contributed by atoms with E-state index in [-0.39, 0.29) is 24.4 Å². The van der Waals surface area contributed by atoms with Crippen molar-refractivity contribution in [3.8, 4) is 0 Å². The zero-order valence-electron chi connectivity index (χ0n) is 15.7. The topological polar surface area (TPSA) is 93.8 Å². The Morgan fingerprint density at radius 1 is 1.20 bits per heavy atom. The van der Waals surface area contributed by atoms with Crippen LogP contribution in [0.5, 0.6) is 0 Å². The average molecular weight is 346 g/mol. The largest absolute Gasteiger partial charge is 0.342 e. The molecule has 136 valence electrons. The van der Waals surface area contributed by atoms with Crippen molar-refractivity contribution in [2.24, 2.45) is 0 Å². The molecule has 2 rings (SSSR count). The molecule has 0 radical (unpaired) electrons. The molecule has 0 bridgehead atoms. The molecule has 2 aromatic heterocycles. The van der Waals surface area contributed by atoms with Crippen LogP contribution in [0.15, 0.2) is 6.07 Å². The van der Waals surface area contributed by atoms with Crippen LogP contribution in [0.4, 0.5) is 5.69 Å². The van der Waals surface area contributed by atoms with Gasteiger partial charge in [-0.1, -0.05) is 0 Å². The summed E-state index contributed by atoms with van der Waals surface area (Å²) in [5, 5.41) is 14.1. The van der Waals surface area contributed by atoms with Crippen LogP contribution < -0.4 is 10.6 Å². The summed E-state index contributed by atoms with van der Waals surface area (Å²) >= 11 is 0. The van der Waals surface area contributed by atoms with Gasteiger partial charge in [-0.3, -0.25) is 19.0 Å². The van der Waals surface area contributed by atoms with Gasteiger partial charge in [0.2, 0.25) is 5.91 Å². The maximum atomic E-state index is 12.3. The van der Waals surface area contributed by atoms with Crippen molar-refractivity contribution < 1.29 is 9.59 Å². The van der Waals surface area contributed by atoms with E-state index in [1.807, 2.05) is 46.2 Å². The number of carbonyl (C=O) groups excluding carboxylic acids is 2.